The first-order valence-electron chi connectivity index (χ1n) is 16.3. The zero-order chi connectivity index (χ0) is 31.8. The Labute approximate surface area is 281 Å². The van der Waals surface area contributed by atoms with Crippen LogP contribution >= 0.6 is 11.3 Å². The van der Waals surface area contributed by atoms with Crippen LogP contribution in [0.4, 0.5) is 0 Å². The van der Waals surface area contributed by atoms with Gasteiger partial charge >= 0.3 is 0 Å². The van der Waals surface area contributed by atoms with Gasteiger partial charge in [-0.3, -0.25) is 4.57 Å². The van der Waals surface area contributed by atoms with Crippen LogP contribution in [0.15, 0.2) is 158 Å². The Morgan fingerprint density at radius 1 is 0.479 bits per heavy atom. The van der Waals surface area contributed by atoms with Crippen molar-refractivity contribution in [3.05, 3.63) is 163 Å². The summed E-state index contributed by atoms with van der Waals surface area (Å²) in [7, 11) is 0. The average Bonchev–Trinajstić information content (AvgIpc) is 3.81. The molecule has 226 valence electrons. The largest absolute Gasteiger partial charge is 0.309 e. The van der Waals surface area contributed by atoms with Gasteiger partial charge in [-0.25, -0.2) is 4.98 Å². The second kappa shape index (κ2) is 10.5. The first kappa shape index (κ1) is 27.2. The van der Waals surface area contributed by atoms with E-state index in [-0.39, 0.29) is 0 Å². The molecule has 7 aromatic carbocycles. The molecule has 0 amide bonds. The highest BCUT2D eigenvalue weighted by molar-refractivity contribution is 7.26. The van der Waals surface area contributed by atoms with Gasteiger partial charge in [-0.2, -0.15) is 0 Å². The molecule has 0 bridgehead atoms. The van der Waals surface area contributed by atoms with Gasteiger partial charge in [0.2, 0.25) is 0 Å². The summed E-state index contributed by atoms with van der Waals surface area (Å²) in [5.74, 6) is 0.940. The molecule has 0 radical (unpaired) electrons. The van der Waals surface area contributed by atoms with E-state index in [2.05, 4.69) is 174 Å². The molecule has 0 saturated heterocycles. The molecule has 0 atom stereocenters. The number of benzene rings is 7. The van der Waals surface area contributed by atoms with Crippen LogP contribution in [0.5, 0.6) is 0 Å². The van der Waals surface area contributed by atoms with Gasteiger partial charge in [-0.05, 0) is 96.4 Å². The summed E-state index contributed by atoms with van der Waals surface area (Å²) in [6, 6.07) is 57.0. The molecule has 3 aromatic heterocycles. The van der Waals surface area contributed by atoms with E-state index in [0.29, 0.717) is 0 Å². The van der Waals surface area contributed by atoms with Crippen molar-refractivity contribution < 1.29 is 0 Å². The van der Waals surface area contributed by atoms with Gasteiger partial charge in [0.05, 0.1) is 22.1 Å². The lowest BCUT2D eigenvalue weighted by molar-refractivity contribution is 1.10. The van der Waals surface area contributed by atoms with E-state index in [1.165, 1.54) is 58.7 Å². The molecule has 3 nitrogen and oxygen atoms in total. The number of hydrogen-bond acceptors (Lipinski definition) is 2. The predicted molar refractivity (Wildman–Crippen MR) is 204 cm³/mol. The van der Waals surface area contributed by atoms with E-state index in [4.69, 9.17) is 4.98 Å². The van der Waals surface area contributed by atoms with E-state index >= 15 is 0 Å². The zero-order valence-corrected chi connectivity index (χ0v) is 27.1. The van der Waals surface area contributed by atoms with Crippen LogP contribution in [0, 0.1) is 6.92 Å². The predicted octanol–water partition coefficient (Wildman–Crippen LogP) is 12.1. The molecular weight excluding hydrogens is 603 g/mol. The number of rotatable bonds is 4. The molecular formula is C44H29N3S. The van der Waals surface area contributed by atoms with Gasteiger partial charge in [0, 0.05) is 47.9 Å². The lowest BCUT2D eigenvalue weighted by Gasteiger charge is -2.12. The molecule has 0 unspecified atom stereocenters. The second-order valence-electron chi connectivity index (χ2n) is 12.5. The third-order valence-electron chi connectivity index (χ3n) is 9.60. The Balaban J connectivity index is 1.12. The SMILES string of the molecule is Cc1ccc2nc(-c3ccc(-n4c5ccccc5c5cc(-c6cccc7c6sc6ccccc67)ccc54)cc3)n(-c3ccccc3)c2c1. The van der Waals surface area contributed by atoms with Crippen molar-refractivity contribution in [1.29, 1.82) is 0 Å². The molecule has 3 heterocycles. The highest BCUT2D eigenvalue weighted by atomic mass is 32.1. The maximum atomic E-state index is 5.12. The van der Waals surface area contributed by atoms with Crippen LogP contribution in [0.1, 0.15) is 5.56 Å². The number of nitrogens with zero attached hydrogens (tertiary/aromatic N) is 3. The lowest BCUT2D eigenvalue weighted by Crippen LogP contribution is -1.98. The first-order chi connectivity index (χ1) is 23.7. The highest BCUT2D eigenvalue weighted by Crippen LogP contribution is 2.42. The van der Waals surface area contributed by atoms with Crippen molar-refractivity contribution in [3.63, 3.8) is 0 Å². The van der Waals surface area contributed by atoms with E-state index in [0.717, 1.165) is 33.8 Å². The Kier molecular flexibility index (Phi) is 5.96. The minimum absolute atomic E-state index is 0.940. The molecule has 48 heavy (non-hydrogen) atoms. The fraction of sp³-hybridized carbons (Fsp3) is 0.0227. The van der Waals surface area contributed by atoms with Gasteiger partial charge < -0.3 is 4.57 Å². The highest BCUT2D eigenvalue weighted by Gasteiger charge is 2.18. The lowest BCUT2D eigenvalue weighted by atomic mass is 10.0. The Morgan fingerprint density at radius 2 is 1.19 bits per heavy atom. The number of imidazole rings is 1. The van der Waals surface area contributed by atoms with Crippen molar-refractivity contribution in [2.45, 2.75) is 6.92 Å². The van der Waals surface area contributed by atoms with Crippen LogP contribution in [0.3, 0.4) is 0 Å². The van der Waals surface area contributed by atoms with Crippen LogP contribution in [-0.2, 0) is 0 Å². The second-order valence-corrected chi connectivity index (χ2v) is 13.6. The molecule has 10 rings (SSSR count). The topological polar surface area (TPSA) is 22.8 Å². The van der Waals surface area contributed by atoms with E-state index in [1.54, 1.807) is 0 Å². The smallest absolute Gasteiger partial charge is 0.145 e. The van der Waals surface area contributed by atoms with Crippen LogP contribution in [0.25, 0.3) is 86.9 Å². The molecule has 0 N–H and O–H groups in total. The summed E-state index contributed by atoms with van der Waals surface area (Å²) >= 11 is 1.88. The number of hydrogen-bond donors (Lipinski definition) is 0. The molecule has 4 heteroatoms. The summed E-state index contributed by atoms with van der Waals surface area (Å²) in [4.78, 5) is 5.12. The summed E-state index contributed by atoms with van der Waals surface area (Å²) in [6.07, 6.45) is 0. The van der Waals surface area contributed by atoms with Crippen molar-refractivity contribution in [2.24, 2.45) is 0 Å². The summed E-state index contributed by atoms with van der Waals surface area (Å²) < 4.78 is 7.34. The average molecular weight is 632 g/mol. The minimum atomic E-state index is 0.940. The summed E-state index contributed by atoms with van der Waals surface area (Å²) in [5, 5.41) is 5.16. The molecule has 0 saturated carbocycles. The third kappa shape index (κ3) is 4.09. The number of para-hydroxylation sites is 2. The van der Waals surface area contributed by atoms with Gasteiger partial charge in [0.25, 0.3) is 0 Å². The molecule has 0 aliphatic carbocycles. The Hall–Kier alpha value is -5.97. The third-order valence-corrected chi connectivity index (χ3v) is 10.8. The number of thiophene rings is 1. The summed E-state index contributed by atoms with van der Waals surface area (Å²) in [6.45, 7) is 2.13. The van der Waals surface area contributed by atoms with Crippen LogP contribution < -0.4 is 0 Å². The quantitative estimate of drug-likeness (QED) is 0.189. The number of aryl methyl sites for hydroxylation is 1. The van der Waals surface area contributed by atoms with E-state index < -0.39 is 0 Å². The van der Waals surface area contributed by atoms with Crippen LogP contribution in [0.2, 0.25) is 0 Å². The molecule has 0 spiro atoms. The van der Waals surface area contributed by atoms with E-state index in [9.17, 15) is 0 Å². The molecule has 0 aliphatic rings. The van der Waals surface area contributed by atoms with Gasteiger partial charge in [0.1, 0.15) is 5.82 Å². The van der Waals surface area contributed by atoms with Gasteiger partial charge in [-0.15, -0.1) is 11.3 Å². The standard InChI is InChI=1S/C44H29N3S/c1-28-18-24-38-41(26-28)47(31-10-3-2-4-11-31)44(45-38)29-19-22-32(23-20-29)46-39-16-7-5-12-34(39)37-27-30(21-25-40(37)46)33-14-9-15-36-35-13-6-8-17-42(35)48-43(33)36/h2-27H,1H3. The molecule has 0 aliphatic heterocycles. The van der Waals surface area contributed by atoms with Crippen LogP contribution in [-0.4, -0.2) is 14.1 Å². The number of fused-ring (bicyclic) bond motifs is 7. The fourth-order valence-corrected chi connectivity index (χ4v) is 8.61. The molecule has 0 fully saturated rings. The normalized spacial score (nSPS) is 11.9. The van der Waals surface area contributed by atoms with Gasteiger partial charge in [-0.1, -0.05) is 84.9 Å². The molecule has 10 aromatic rings. The van der Waals surface area contributed by atoms with Crippen molar-refractivity contribution in [3.8, 4) is 33.9 Å². The fourth-order valence-electron chi connectivity index (χ4n) is 7.37. The maximum Gasteiger partial charge on any atom is 0.145 e. The zero-order valence-electron chi connectivity index (χ0n) is 26.3. The Bertz CT molecular complexity index is 2830. The number of aromatic nitrogens is 3. The first-order valence-corrected chi connectivity index (χ1v) is 17.1. The monoisotopic (exact) mass is 631 g/mol. The van der Waals surface area contributed by atoms with Gasteiger partial charge in [0.15, 0.2) is 0 Å². The Morgan fingerprint density at radius 3 is 2.06 bits per heavy atom. The van der Waals surface area contributed by atoms with Crippen molar-refractivity contribution >= 4 is 64.3 Å². The maximum absolute atomic E-state index is 5.12. The van der Waals surface area contributed by atoms with Crippen molar-refractivity contribution in [1.82, 2.24) is 14.1 Å². The minimum Gasteiger partial charge on any atom is -0.309 e. The summed E-state index contributed by atoms with van der Waals surface area (Å²) in [5.41, 5.74) is 11.6. The van der Waals surface area contributed by atoms with E-state index in [1.807, 2.05) is 11.3 Å². The van der Waals surface area contributed by atoms with Crippen molar-refractivity contribution in [2.75, 3.05) is 0 Å².